The minimum atomic E-state index is 0.484. The van der Waals surface area contributed by atoms with Gasteiger partial charge in [-0.15, -0.1) is 0 Å². The number of H-pyrrole nitrogens is 1. The van der Waals surface area contributed by atoms with Gasteiger partial charge in [-0.25, -0.2) is 9.97 Å². The molecule has 4 heteroatoms. The van der Waals surface area contributed by atoms with Crippen molar-refractivity contribution in [1.29, 1.82) is 0 Å². The molecule has 0 aromatic carbocycles. The second-order valence-electron chi connectivity index (χ2n) is 5.34. The lowest BCUT2D eigenvalue weighted by atomic mass is 9.79. The standard InChI is InChI=1S/C14H20N4/c1-9-6-7-16-14-12(9)17-13(18-14)11-5-3-2-4-10(11)8-15/h6-7,10-11H,2-5,8,15H2,1H3,(H,16,17,18). The molecular weight excluding hydrogens is 224 g/mol. The molecule has 2 aromatic rings. The lowest BCUT2D eigenvalue weighted by molar-refractivity contribution is 0.306. The first kappa shape index (κ1) is 11.7. The van der Waals surface area contributed by atoms with Crippen molar-refractivity contribution < 1.29 is 0 Å². The van der Waals surface area contributed by atoms with Crippen LogP contribution in [0.2, 0.25) is 0 Å². The van der Waals surface area contributed by atoms with Crippen LogP contribution in [0.1, 0.15) is 43.0 Å². The highest BCUT2D eigenvalue weighted by Gasteiger charge is 2.28. The normalized spacial score (nSPS) is 24.6. The van der Waals surface area contributed by atoms with Crippen molar-refractivity contribution in [2.24, 2.45) is 11.7 Å². The summed E-state index contributed by atoms with van der Waals surface area (Å²) in [7, 11) is 0. The van der Waals surface area contributed by atoms with Crippen LogP contribution in [-0.2, 0) is 0 Å². The number of rotatable bonds is 2. The number of fused-ring (bicyclic) bond motifs is 1. The van der Waals surface area contributed by atoms with Gasteiger partial charge in [-0.05, 0) is 43.9 Å². The Labute approximate surface area is 107 Å². The van der Waals surface area contributed by atoms with Gasteiger partial charge in [0.15, 0.2) is 5.65 Å². The number of imidazole rings is 1. The van der Waals surface area contributed by atoms with E-state index in [1.165, 1.54) is 31.2 Å². The molecule has 1 aliphatic rings. The highest BCUT2D eigenvalue weighted by atomic mass is 15.0. The van der Waals surface area contributed by atoms with E-state index in [1.807, 2.05) is 12.3 Å². The van der Waals surface area contributed by atoms with Gasteiger partial charge in [0.05, 0.1) is 5.52 Å². The van der Waals surface area contributed by atoms with Gasteiger partial charge in [0.25, 0.3) is 0 Å². The Morgan fingerprint density at radius 3 is 3.00 bits per heavy atom. The highest BCUT2D eigenvalue weighted by molar-refractivity contribution is 5.74. The molecule has 0 aliphatic heterocycles. The summed E-state index contributed by atoms with van der Waals surface area (Å²) >= 11 is 0. The van der Waals surface area contributed by atoms with Crippen molar-refractivity contribution in [3.05, 3.63) is 23.7 Å². The molecule has 0 bridgehead atoms. The Balaban J connectivity index is 2.00. The predicted octanol–water partition coefficient (Wildman–Crippen LogP) is 2.50. The average molecular weight is 244 g/mol. The zero-order valence-electron chi connectivity index (χ0n) is 10.8. The maximum absolute atomic E-state index is 5.90. The van der Waals surface area contributed by atoms with Gasteiger partial charge >= 0.3 is 0 Å². The van der Waals surface area contributed by atoms with Gasteiger partial charge in [0, 0.05) is 12.1 Å². The maximum atomic E-state index is 5.90. The summed E-state index contributed by atoms with van der Waals surface area (Å²) in [6, 6.07) is 2.02. The molecule has 96 valence electrons. The molecule has 0 spiro atoms. The van der Waals surface area contributed by atoms with E-state index in [-0.39, 0.29) is 0 Å². The van der Waals surface area contributed by atoms with Crippen LogP contribution in [-0.4, -0.2) is 21.5 Å². The van der Waals surface area contributed by atoms with Crippen molar-refractivity contribution in [2.75, 3.05) is 6.54 Å². The Bertz CT molecular complexity index is 546. The minimum Gasteiger partial charge on any atom is -0.340 e. The predicted molar refractivity (Wildman–Crippen MR) is 72.4 cm³/mol. The van der Waals surface area contributed by atoms with Crippen LogP contribution in [0.3, 0.4) is 0 Å². The fourth-order valence-electron chi connectivity index (χ4n) is 3.08. The first-order chi connectivity index (χ1) is 8.79. The molecule has 4 nitrogen and oxygen atoms in total. The van der Waals surface area contributed by atoms with Crippen molar-refractivity contribution in [2.45, 2.75) is 38.5 Å². The summed E-state index contributed by atoms with van der Waals surface area (Å²) in [5, 5.41) is 0. The van der Waals surface area contributed by atoms with Crippen LogP contribution in [0.4, 0.5) is 0 Å². The third-order valence-electron chi connectivity index (χ3n) is 4.18. The molecule has 2 aromatic heterocycles. The third kappa shape index (κ3) is 1.90. The monoisotopic (exact) mass is 244 g/mol. The molecule has 0 amide bonds. The molecule has 2 heterocycles. The number of pyridine rings is 1. The molecule has 1 fully saturated rings. The number of aryl methyl sites for hydroxylation is 1. The van der Waals surface area contributed by atoms with Crippen LogP contribution >= 0.6 is 0 Å². The number of hydrogen-bond acceptors (Lipinski definition) is 3. The van der Waals surface area contributed by atoms with E-state index in [9.17, 15) is 0 Å². The van der Waals surface area contributed by atoms with Gasteiger partial charge in [-0.2, -0.15) is 0 Å². The topological polar surface area (TPSA) is 67.6 Å². The van der Waals surface area contributed by atoms with Gasteiger partial charge in [-0.3, -0.25) is 0 Å². The van der Waals surface area contributed by atoms with Crippen molar-refractivity contribution in [3.63, 3.8) is 0 Å². The molecule has 1 saturated carbocycles. The van der Waals surface area contributed by atoms with Gasteiger partial charge in [0.1, 0.15) is 5.82 Å². The van der Waals surface area contributed by atoms with Crippen LogP contribution in [0, 0.1) is 12.8 Å². The second-order valence-corrected chi connectivity index (χ2v) is 5.34. The summed E-state index contributed by atoms with van der Waals surface area (Å²) in [4.78, 5) is 12.5. The molecule has 2 unspecified atom stereocenters. The molecule has 18 heavy (non-hydrogen) atoms. The SMILES string of the molecule is Cc1ccnc2nc(C3CCCCC3CN)[nH]c12. The summed E-state index contributed by atoms with van der Waals surface area (Å²) in [5.41, 5.74) is 9.02. The Morgan fingerprint density at radius 2 is 2.22 bits per heavy atom. The number of aromatic amines is 1. The van der Waals surface area contributed by atoms with Gasteiger partial charge in [0.2, 0.25) is 0 Å². The summed E-state index contributed by atoms with van der Waals surface area (Å²) in [5.74, 6) is 2.14. The van der Waals surface area contributed by atoms with Gasteiger partial charge < -0.3 is 10.7 Å². The number of nitrogens with one attached hydrogen (secondary N) is 1. The van der Waals surface area contributed by atoms with E-state index in [4.69, 9.17) is 5.73 Å². The minimum absolute atomic E-state index is 0.484. The molecule has 0 saturated heterocycles. The van der Waals surface area contributed by atoms with Crippen LogP contribution in [0.15, 0.2) is 12.3 Å². The smallest absolute Gasteiger partial charge is 0.177 e. The van der Waals surface area contributed by atoms with E-state index in [0.717, 1.165) is 23.5 Å². The van der Waals surface area contributed by atoms with E-state index < -0.39 is 0 Å². The number of aromatic nitrogens is 3. The zero-order valence-corrected chi connectivity index (χ0v) is 10.8. The molecule has 1 aliphatic carbocycles. The van der Waals surface area contributed by atoms with Crippen LogP contribution in [0.25, 0.3) is 11.2 Å². The molecule has 3 rings (SSSR count). The summed E-state index contributed by atoms with van der Waals surface area (Å²) in [6.07, 6.45) is 6.83. The van der Waals surface area contributed by atoms with Gasteiger partial charge in [-0.1, -0.05) is 12.8 Å². The summed E-state index contributed by atoms with van der Waals surface area (Å²) < 4.78 is 0. The number of hydrogen-bond donors (Lipinski definition) is 2. The molecule has 2 atom stereocenters. The zero-order chi connectivity index (χ0) is 12.5. The molecule has 3 N–H and O–H groups in total. The largest absolute Gasteiger partial charge is 0.340 e. The van der Waals surface area contributed by atoms with E-state index in [2.05, 4.69) is 21.9 Å². The first-order valence-electron chi connectivity index (χ1n) is 6.81. The van der Waals surface area contributed by atoms with Crippen LogP contribution in [0.5, 0.6) is 0 Å². The quantitative estimate of drug-likeness (QED) is 0.853. The maximum Gasteiger partial charge on any atom is 0.177 e. The Kier molecular flexibility index (Phi) is 3.04. The number of nitrogens with zero attached hydrogens (tertiary/aromatic N) is 2. The third-order valence-corrected chi connectivity index (χ3v) is 4.18. The van der Waals surface area contributed by atoms with Crippen molar-refractivity contribution in [1.82, 2.24) is 15.0 Å². The second kappa shape index (κ2) is 4.69. The lowest BCUT2D eigenvalue weighted by Crippen LogP contribution is -2.25. The first-order valence-corrected chi connectivity index (χ1v) is 6.81. The van der Waals surface area contributed by atoms with Crippen molar-refractivity contribution in [3.8, 4) is 0 Å². The molecular formula is C14H20N4. The lowest BCUT2D eigenvalue weighted by Gasteiger charge is -2.28. The Morgan fingerprint density at radius 1 is 1.39 bits per heavy atom. The average Bonchev–Trinajstić information content (AvgIpc) is 2.84. The molecule has 0 radical (unpaired) electrons. The fourth-order valence-corrected chi connectivity index (χ4v) is 3.08. The summed E-state index contributed by atoms with van der Waals surface area (Å²) in [6.45, 7) is 2.85. The van der Waals surface area contributed by atoms with Crippen molar-refractivity contribution >= 4 is 11.2 Å². The van der Waals surface area contributed by atoms with E-state index in [1.54, 1.807) is 0 Å². The van der Waals surface area contributed by atoms with Crippen LogP contribution < -0.4 is 5.73 Å². The van der Waals surface area contributed by atoms with E-state index in [0.29, 0.717) is 11.8 Å². The Hall–Kier alpha value is -1.42. The highest BCUT2D eigenvalue weighted by Crippen LogP contribution is 2.36. The fraction of sp³-hybridized carbons (Fsp3) is 0.571. The van der Waals surface area contributed by atoms with E-state index >= 15 is 0 Å². The number of nitrogens with two attached hydrogens (primary N) is 1.